The van der Waals surface area contributed by atoms with Gasteiger partial charge in [-0.15, -0.1) is 11.3 Å². The molecule has 9 nitrogen and oxygen atoms in total. The van der Waals surface area contributed by atoms with Crippen molar-refractivity contribution in [2.75, 3.05) is 19.0 Å². The molecule has 0 saturated carbocycles. The van der Waals surface area contributed by atoms with E-state index in [1.165, 1.54) is 43.1 Å². The number of benzene rings is 1. The van der Waals surface area contributed by atoms with E-state index in [0.29, 0.717) is 5.56 Å². The summed E-state index contributed by atoms with van der Waals surface area (Å²) in [6.07, 6.45) is -3.11. The highest BCUT2D eigenvalue weighted by Gasteiger charge is 2.31. The number of hydrogen-bond donors (Lipinski definition) is 1. The van der Waals surface area contributed by atoms with Crippen LogP contribution in [0.2, 0.25) is 0 Å². The quantitative estimate of drug-likeness (QED) is 0.443. The zero-order valence-electron chi connectivity index (χ0n) is 18.8. The molecule has 3 aromatic rings. The van der Waals surface area contributed by atoms with Gasteiger partial charge >= 0.3 is 18.1 Å². The van der Waals surface area contributed by atoms with Crippen molar-refractivity contribution in [2.45, 2.75) is 26.8 Å². The molecule has 0 fully saturated rings. The van der Waals surface area contributed by atoms with Crippen LogP contribution in [0.3, 0.4) is 0 Å². The summed E-state index contributed by atoms with van der Waals surface area (Å²) in [5.74, 6) is -2.10. The zero-order valence-corrected chi connectivity index (χ0v) is 19.6. The molecular weight excluding hydrogens is 491 g/mol. The Morgan fingerprint density at radius 3 is 2.57 bits per heavy atom. The van der Waals surface area contributed by atoms with Gasteiger partial charge in [0, 0.05) is 6.20 Å². The first-order chi connectivity index (χ1) is 16.5. The topological polar surface area (TPSA) is 109 Å². The summed E-state index contributed by atoms with van der Waals surface area (Å²) in [7, 11) is 1.17. The number of nitrogens with one attached hydrogen (secondary N) is 1. The molecular formula is C22H20F3N3O6S. The molecule has 0 aliphatic heterocycles. The highest BCUT2D eigenvalue weighted by atomic mass is 32.1. The molecule has 0 radical (unpaired) electrons. The molecule has 3 rings (SSSR count). The molecule has 2 aromatic heterocycles. The van der Waals surface area contributed by atoms with E-state index < -0.39 is 29.6 Å². The number of aromatic nitrogens is 2. The second-order valence-corrected chi connectivity index (χ2v) is 7.99. The SMILES string of the molecule is CCOC(=O)c1sc(NC(=O)c2ccn(COc3cccc(C(F)(F)F)c3)n2)c(C(=O)OC)c1C. The smallest absolute Gasteiger partial charge is 0.416 e. The Labute approximate surface area is 201 Å². The number of amides is 1. The van der Waals surface area contributed by atoms with Crippen molar-refractivity contribution in [3.8, 4) is 5.75 Å². The molecule has 186 valence electrons. The van der Waals surface area contributed by atoms with Gasteiger partial charge in [-0.25, -0.2) is 14.3 Å². The van der Waals surface area contributed by atoms with Gasteiger partial charge in [0.15, 0.2) is 12.4 Å². The maximum atomic E-state index is 12.8. The van der Waals surface area contributed by atoms with Crippen molar-refractivity contribution in [3.63, 3.8) is 0 Å². The summed E-state index contributed by atoms with van der Waals surface area (Å²) >= 11 is 0.860. The molecule has 1 amide bonds. The number of thiophene rings is 1. The summed E-state index contributed by atoms with van der Waals surface area (Å²) in [5.41, 5.74) is -0.598. The van der Waals surface area contributed by atoms with Gasteiger partial charge in [-0.05, 0) is 43.7 Å². The third-order valence-corrected chi connectivity index (χ3v) is 5.81. The third kappa shape index (κ3) is 5.98. The van der Waals surface area contributed by atoms with Gasteiger partial charge in [-0.1, -0.05) is 6.07 Å². The lowest BCUT2D eigenvalue weighted by Gasteiger charge is -2.10. The van der Waals surface area contributed by atoms with Crippen molar-refractivity contribution in [3.05, 3.63) is 63.8 Å². The second-order valence-electron chi connectivity index (χ2n) is 6.97. The lowest BCUT2D eigenvalue weighted by Crippen LogP contribution is -2.16. The van der Waals surface area contributed by atoms with Gasteiger partial charge in [-0.3, -0.25) is 4.79 Å². The number of rotatable bonds is 8. The van der Waals surface area contributed by atoms with Crippen LogP contribution in [0.25, 0.3) is 0 Å². The number of carbonyl (C=O) groups excluding carboxylic acids is 3. The van der Waals surface area contributed by atoms with Crippen molar-refractivity contribution < 1.29 is 41.8 Å². The number of hydrogen-bond acceptors (Lipinski definition) is 8. The van der Waals surface area contributed by atoms with Crippen LogP contribution >= 0.6 is 11.3 Å². The average molecular weight is 511 g/mol. The van der Waals surface area contributed by atoms with Crippen LogP contribution in [-0.4, -0.2) is 41.3 Å². The van der Waals surface area contributed by atoms with Crippen LogP contribution in [0.4, 0.5) is 18.2 Å². The normalized spacial score (nSPS) is 11.1. The second kappa shape index (κ2) is 10.6. The molecule has 0 aliphatic rings. The lowest BCUT2D eigenvalue weighted by atomic mass is 10.1. The Hall–Kier alpha value is -3.87. The van der Waals surface area contributed by atoms with Crippen molar-refractivity contribution in [1.82, 2.24) is 9.78 Å². The van der Waals surface area contributed by atoms with E-state index in [4.69, 9.17) is 14.2 Å². The fourth-order valence-electron chi connectivity index (χ4n) is 2.97. The molecule has 35 heavy (non-hydrogen) atoms. The summed E-state index contributed by atoms with van der Waals surface area (Å²) in [4.78, 5) is 37.3. The van der Waals surface area contributed by atoms with E-state index in [0.717, 1.165) is 23.5 Å². The number of nitrogens with zero attached hydrogens (tertiary/aromatic N) is 2. The Balaban J connectivity index is 1.74. The summed E-state index contributed by atoms with van der Waals surface area (Å²) in [6, 6.07) is 5.71. The summed E-state index contributed by atoms with van der Waals surface area (Å²) < 4.78 is 54.8. The number of carbonyl (C=O) groups is 3. The molecule has 0 unspecified atom stereocenters. The summed E-state index contributed by atoms with van der Waals surface area (Å²) in [6.45, 7) is 3.04. The maximum absolute atomic E-state index is 12.8. The highest BCUT2D eigenvalue weighted by molar-refractivity contribution is 7.18. The average Bonchev–Trinajstić information content (AvgIpc) is 3.41. The molecule has 1 aromatic carbocycles. The largest absolute Gasteiger partial charge is 0.471 e. The minimum Gasteiger partial charge on any atom is -0.471 e. The fourth-order valence-corrected chi connectivity index (χ4v) is 4.05. The minimum atomic E-state index is -4.51. The number of methoxy groups -OCH3 is 1. The Morgan fingerprint density at radius 2 is 1.91 bits per heavy atom. The maximum Gasteiger partial charge on any atom is 0.416 e. The van der Waals surface area contributed by atoms with Gasteiger partial charge in [0.05, 0.1) is 24.8 Å². The van der Waals surface area contributed by atoms with E-state index in [2.05, 4.69) is 10.4 Å². The zero-order chi connectivity index (χ0) is 25.8. The first-order valence-corrected chi connectivity index (χ1v) is 10.9. The molecule has 0 bridgehead atoms. The Kier molecular flexibility index (Phi) is 7.79. The fraction of sp³-hybridized carbons (Fsp3) is 0.273. The lowest BCUT2D eigenvalue weighted by molar-refractivity contribution is -0.137. The first-order valence-electron chi connectivity index (χ1n) is 10.1. The van der Waals surface area contributed by atoms with E-state index in [1.807, 2.05) is 0 Å². The molecule has 0 spiro atoms. The van der Waals surface area contributed by atoms with Gasteiger partial charge < -0.3 is 19.5 Å². The van der Waals surface area contributed by atoms with E-state index in [9.17, 15) is 27.6 Å². The van der Waals surface area contributed by atoms with Crippen LogP contribution in [0.5, 0.6) is 5.75 Å². The number of halogens is 3. The first kappa shape index (κ1) is 25.7. The Bertz CT molecular complexity index is 1250. The highest BCUT2D eigenvalue weighted by Crippen LogP contribution is 2.34. The molecule has 13 heteroatoms. The predicted molar refractivity (Wildman–Crippen MR) is 119 cm³/mol. The van der Waals surface area contributed by atoms with Crippen molar-refractivity contribution in [1.29, 1.82) is 0 Å². The standard InChI is InChI=1S/C22H20F3N3O6S/c1-4-33-21(31)17-12(2)16(20(30)32-3)19(35-17)26-18(29)15-8-9-28(27-15)11-34-14-7-5-6-13(10-14)22(23,24)25/h5-10H,4,11H2,1-3H3,(H,26,29). The van der Waals surface area contributed by atoms with Crippen LogP contribution in [0.15, 0.2) is 36.5 Å². The van der Waals surface area contributed by atoms with Crippen LogP contribution in [-0.2, 0) is 22.4 Å². The van der Waals surface area contributed by atoms with Gasteiger partial charge in [0.25, 0.3) is 5.91 Å². The van der Waals surface area contributed by atoms with Crippen LogP contribution < -0.4 is 10.1 Å². The van der Waals surface area contributed by atoms with Crippen molar-refractivity contribution >= 4 is 34.2 Å². The molecule has 1 N–H and O–H groups in total. The number of alkyl halides is 3. The van der Waals surface area contributed by atoms with Gasteiger partial charge in [-0.2, -0.15) is 18.3 Å². The van der Waals surface area contributed by atoms with E-state index in [1.54, 1.807) is 6.92 Å². The number of ether oxygens (including phenoxy) is 3. The third-order valence-electron chi connectivity index (χ3n) is 4.62. The molecule has 0 aliphatic carbocycles. The molecule has 0 saturated heterocycles. The predicted octanol–water partition coefficient (Wildman–Crippen LogP) is 4.52. The Morgan fingerprint density at radius 1 is 1.17 bits per heavy atom. The molecule has 2 heterocycles. The van der Waals surface area contributed by atoms with Crippen LogP contribution in [0.1, 0.15) is 48.6 Å². The monoisotopic (exact) mass is 511 g/mol. The molecule has 0 atom stereocenters. The van der Waals surface area contributed by atoms with E-state index >= 15 is 0 Å². The van der Waals surface area contributed by atoms with E-state index in [-0.39, 0.29) is 40.2 Å². The van der Waals surface area contributed by atoms with Crippen LogP contribution in [0, 0.1) is 6.92 Å². The number of anilines is 1. The number of esters is 2. The van der Waals surface area contributed by atoms with Gasteiger partial charge in [0.1, 0.15) is 15.6 Å². The van der Waals surface area contributed by atoms with Crippen molar-refractivity contribution in [2.24, 2.45) is 0 Å². The van der Waals surface area contributed by atoms with Gasteiger partial charge in [0.2, 0.25) is 0 Å². The summed E-state index contributed by atoms with van der Waals surface area (Å²) in [5, 5.41) is 6.66. The minimum absolute atomic E-state index is 0.0150.